The molecule has 0 fully saturated rings. The minimum Gasteiger partial charge on any atom is -0.399 e. The van der Waals surface area contributed by atoms with Gasteiger partial charge < -0.3 is 10.7 Å². The molecule has 0 aliphatic carbocycles. The highest BCUT2D eigenvalue weighted by molar-refractivity contribution is 7.98. The fourth-order valence-electron chi connectivity index (χ4n) is 1.88. The third kappa shape index (κ3) is 2.46. The van der Waals surface area contributed by atoms with Gasteiger partial charge in [0, 0.05) is 17.0 Å². The number of benzene rings is 2. The van der Waals surface area contributed by atoms with Gasteiger partial charge >= 0.3 is 0 Å². The van der Waals surface area contributed by atoms with Crippen molar-refractivity contribution in [1.82, 2.24) is 9.97 Å². The maximum Gasteiger partial charge on any atom is 0.166 e. The second-order valence-corrected chi connectivity index (χ2v) is 5.28. The molecule has 3 nitrogen and oxygen atoms in total. The number of hydrogen-bond donors (Lipinski definition) is 2. The van der Waals surface area contributed by atoms with Gasteiger partial charge in [-0.3, -0.25) is 0 Å². The van der Waals surface area contributed by atoms with E-state index >= 15 is 0 Å². The van der Waals surface area contributed by atoms with E-state index in [-0.39, 0.29) is 0 Å². The second-order valence-electron chi connectivity index (χ2n) is 4.32. The topological polar surface area (TPSA) is 54.7 Å². The molecule has 3 rings (SSSR count). The minimum atomic E-state index is -0.833. The number of nitrogens with two attached hydrogens (primary N) is 1. The van der Waals surface area contributed by atoms with E-state index in [1.807, 2.05) is 6.07 Å². The van der Waals surface area contributed by atoms with Crippen LogP contribution < -0.4 is 5.73 Å². The number of aromatic amines is 1. The SMILES string of the molecule is Nc1ccc2nc(SCc3cccc(F)c3F)[nH]c2c1. The Hall–Kier alpha value is -2.08. The van der Waals surface area contributed by atoms with E-state index in [4.69, 9.17) is 5.73 Å². The lowest BCUT2D eigenvalue weighted by molar-refractivity contribution is 0.502. The summed E-state index contributed by atoms with van der Waals surface area (Å²) >= 11 is 1.31. The number of H-pyrrole nitrogens is 1. The van der Waals surface area contributed by atoms with Crippen LogP contribution in [-0.2, 0) is 5.75 Å². The van der Waals surface area contributed by atoms with Crippen LogP contribution >= 0.6 is 11.8 Å². The highest BCUT2D eigenvalue weighted by atomic mass is 32.2. The molecule has 0 spiro atoms. The number of fused-ring (bicyclic) bond motifs is 1. The van der Waals surface area contributed by atoms with E-state index in [0.29, 0.717) is 22.2 Å². The van der Waals surface area contributed by atoms with Crippen LogP contribution in [0.2, 0.25) is 0 Å². The van der Waals surface area contributed by atoms with Crippen molar-refractivity contribution in [3.8, 4) is 0 Å². The molecule has 1 aromatic heterocycles. The molecule has 3 aromatic rings. The van der Waals surface area contributed by atoms with E-state index in [2.05, 4.69) is 9.97 Å². The van der Waals surface area contributed by atoms with Crippen LogP contribution in [-0.4, -0.2) is 9.97 Å². The van der Waals surface area contributed by atoms with Gasteiger partial charge in [0.2, 0.25) is 0 Å². The van der Waals surface area contributed by atoms with Gasteiger partial charge in [-0.25, -0.2) is 13.8 Å². The normalized spacial score (nSPS) is 11.1. The van der Waals surface area contributed by atoms with Crippen LogP contribution in [0.1, 0.15) is 5.56 Å². The molecule has 102 valence electrons. The molecule has 0 atom stereocenters. The Morgan fingerprint density at radius 3 is 2.90 bits per heavy atom. The molecule has 0 saturated carbocycles. The number of halogens is 2. The lowest BCUT2D eigenvalue weighted by Crippen LogP contribution is -1.91. The average Bonchev–Trinajstić information content (AvgIpc) is 2.82. The molecule has 6 heteroatoms. The van der Waals surface area contributed by atoms with Crippen molar-refractivity contribution < 1.29 is 8.78 Å². The lowest BCUT2D eigenvalue weighted by Gasteiger charge is -2.01. The molecule has 0 unspecified atom stereocenters. The largest absolute Gasteiger partial charge is 0.399 e. The Kier molecular flexibility index (Phi) is 3.31. The Morgan fingerprint density at radius 1 is 1.20 bits per heavy atom. The summed E-state index contributed by atoms with van der Waals surface area (Å²) < 4.78 is 26.6. The number of hydrogen-bond acceptors (Lipinski definition) is 3. The summed E-state index contributed by atoms with van der Waals surface area (Å²) in [5.41, 5.74) is 8.27. The van der Waals surface area contributed by atoms with Gasteiger partial charge in [0.25, 0.3) is 0 Å². The van der Waals surface area contributed by atoms with Gasteiger partial charge in [-0.1, -0.05) is 23.9 Å². The fraction of sp³-hybridized carbons (Fsp3) is 0.0714. The highest BCUT2D eigenvalue weighted by Crippen LogP contribution is 2.25. The van der Waals surface area contributed by atoms with Gasteiger partial charge in [-0.2, -0.15) is 0 Å². The number of thioether (sulfide) groups is 1. The van der Waals surface area contributed by atoms with Gasteiger partial charge in [0.15, 0.2) is 16.8 Å². The Bertz CT molecular complexity index is 770. The molecule has 0 saturated heterocycles. The molecule has 2 aromatic carbocycles. The van der Waals surface area contributed by atoms with Gasteiger partial charge in [-0.05, 0) is 24.3 Å². The number of nitrogens with zero attached hydrogens (tertiary/aromatic N) is 1. The zero-order valence-corrected chi connectivity index (χ0v) is 11.2. The second kappa shape index (κ2) is 5.13. The first-order valence-corrected chi connectivity index (χ1v) is 6.93. The summed E-state index contributed by atoms with van der Waals surface area (Å²) in [6.07, 6.45) is 0. The average molecular weight is 291 g/mol. The fourth-order valence-corrected chi connectivity index (χ4v) is 2.74. The number of imidazole rings is 1. The van der Waals surface area contributed by atoms with Gasteiger partial charge in [0.1, 0.15) is 0 Å². The lowest BCUT2D eigenvalue weighted by atomic mass is 10.2. The van der Waals surface area contributed by atoms with E-state index in [1.165, 1.54) is 17.8 Å². The third-order valence-electron chi connectivity index (χ3n) is 2.88. The molecule has 1 heterocycles. The van der Waals surface area contributed by atoms with E-state index in [9.17, 15) is 8.78 Å². The zero-order valence-electron chi connectivity index (χ0n) is 10.4. The predicted octanol–water partition coefficient (Wildman–Crippen LogP) is 3.72. The third-order valence-corrected chi connectivity index (χ3v) is 3.80. The molecule has 0 bridgehead atoms. The van der Waals surface area contributed by atoms with Crippen LogP contribution in [0.3, 0.4) is 0 Å². The molecule has 0 aliphatic rings. The molecule has 0 amide bonds. The summed E-state index contributed by atoms with van der Waals surface area (Å²) in [6, 6.07) is 9.53. The number of nitrogen functional groups attached to an aromatic ring is 1. The van der Waals surface area contributed by atoms with E-state index in [1.54, 1.807) is 18.2 Å². The molecular formula is C14H11F2N3S. The van der Waals surface area contributed by atoms with Crippen LogP contribution in [0, 0.1) is 11.6 Å². The smallest absolute Gasteiger partial charge is 0.166 e. The molecule has 20 heavy (non-hydrogen) atoms. The molecule has 0 radical (unpaired) electrons. The summed E-state index contributed by atoms with van der Waals surface area (Å²) in [6.45, 7) is 0. The van der Waals surface area contributed by atoms with Crippen LogP contribution in [0.15, 0.2) is 41.6 Å². The van der Waals surface area contributed by atoms with Crippen LogP contribution in [0.4, 0.5) is 14.5 Å². The molecule has 0 aliphatic heterocycles. The number of nitrogens with one attached hydrogen (secondary N) is 1. The van der Waals surface area contributed by atoms with Gasteiger partial charge in [-0.15, -0.1) is 0 Å². The monoisotopic (exact) mass is 291 g/mol. The Labute approximate surface area is 118 Å². The zero-order chi connectivity index (χ0) is 14.1. The predicted molar refractivity (Wildman–Crippen MR) is 76.4 cm³/mol. The highest BCUT2D eigenvalue weighted by Gasteiger charge is 2.09. The standard InChI is InChI=1S/C14H11F2N3S/c15-10-3-1-2-8(13(10)16)7-20-14-18-11-5-4-9(17)6-12(11)19-14/h1-6H,7,17H2,(H,18,19). The summed E-state index contributed by atoms with van der Waals surface area (Å²) in [5, 5.41) is 0.647. The molecular weight excluding hydrogens is 280 g/mol. The van der Waals surface area contributed by atoms with Crippen LogP contribution in [0.25, 0.3) is 11.0 Å². The number of anilines is 1. The van der Waals surface area contributed by atoms with Crippen molar-refractivity contribution in [2.75, 3.05) is 5.73 Å². The van der Waals surface area contributed by atoms with Crippen molar-refractivity contribution in [2.45, 2.75) is 10.9 Å². The van der Waals surface area contributed by atoms with Crippen molar-refractivity contribution in [3.63, 3.8) is 0 Å². The van der Waals surface area contributed by atoms with Crippen molar-refractivity contribution in [3.05, 3.63) is 53.6 Å². The Morgan fingerprint density at radius 2 is 2.05 bits per heavy atom. The van der Waals surface area contributed by atoms with E-state index < -0.39 is 11.6 Å². The first-order valence-electron chi connectivity index (χ1n) is 5.94. The van der Waals surface area contributed by atoms with Crippen LogP contribution in [0.5, 0.6) is 0 Å². The van der Waals surface area contributed by atoms with E-state index in [0.717, 1.165) is 17.1 Å². The number of rotatable bonds is 3. The Balaban J connectivity index is 1.81. The summed E-state index contributed by atoms with van der Waals surface area (Å²) in [5.74, 6) is -1.33. The van der Waals surface area contributed by atoms with Crippen molar-refractivity contribution >= 4 is 28.5 Å². The number of aromatic nitrogens is 2. The maximum absolute atomic E-state index is 13.5. The van der Waals surface area contributed by atoms with Gasteiger partial charge in [0.05, 0.1) is 11.0 Å². The summed E-state index contributed by atoms with van der Waals surface area (Å²) in [4.78, 5) is 7.45. The van der Waals surface area contributed by atoms with Crippen molar-refractivity contribution in [2.24, 2.45) is 0 Å². The maximum atomic E-state index is 13.5. The first-order chi connectivity index (χ1) is 9.63. The van der Waals surface area contributed by atoms with Crippen molar-refractivity contribution in [1.29, 1.82) is 0 Å². The quantitative estimate of drug-likeness (QED) is 0.571. The minimum absolute atomic E-state index is 0.304. The summed E-state index contributed by atoms with van der Waals surface area (Å²) in [7, 11) is 0. The first kappa shape index (κ1) is 12.9. The molecule has 3 N–H and O–H groups in total.